The van der Waals surface area contributed by atoms with Gasteiger partial charge in [0.25, 0.3) is 0 Å². The van der Waals surface area contributed by atoms with Gasteiger partial charge in [0, 0.05) is 28.5 Å². The van der Waals surface area contributed by atoms with Crippen LogP contribution in [0.2, 0.25) is 5.02 Å². The van der Waals surface area contributed by atoms with Crippen molar-refractivity contribution in [2.45, 2.75) is 18.8 Å². The Morgan fingerprint density at radius 3 is 1.84 bits per heavy atom. The second-order valence-corrected chi connectivity index (χ2v) is 8.88. The summed E-state index contributed by atoms with van der Waals surface area (Å²) < 4.78 is 0. The summed E-state index contributed by atoms with van der Waals surface area (Å²) in [5.74, 6) is -0.260. The van der Waals surface area contributed by atoms with Gasteiger partial charge in [0.05, 0.1) is 23.7 Å². The molecule has 5 aromatic rings. The van der Waals surface area contributed by atoms with Crippen LogP contribution >= 0.6 is 11.6 Å². The SMILES string of the molecule is O=C(Cc1cccnn1)c1ccccc1.O=C(c1ccccc1)C(Cc1ccc(Cl)cc1)c1cccnn1. The Morgan fingerprint density at radius 1 is 0.658 bits per heavy atom. The number of carbonyl (C=O) groups is 2. The van der Waals surface area contributed by atoms with Crippen LogP contribution in [0.15, 0.2) is 122 Å². The molecule has 0 saturated heterocycles. The molecule has 0 aliphatic carbocycles. The van der Waals surface area contributed by atoms with Gasteiger partial charge < -0.3 is 0 Å². The van der Waals surface area contributed by atoms with E-state index >= 15 is 0 Å². The van der Waals surface area contributed by atoms with Gasteiger partial charge in [0.15, 0.2) is 11.6 Å². The van der Waals surface area contributed by atoms with Crippen molar-refractivity contribution in [2.75, 3.05) is 0 Å². The van der Waals surface area contributed by atoms with Crippen molar-refractivity contribution in [1.82, 2.24) is 20.4 Å². The van der Waals surface area contributed by atoms with Crippen molar-refractivity contribution in [3.8, 4) is 0 Å². The second-order valence-electron chi connectivity index (χ2n) is 8.44. The number of nitrogens with zero attached hydrogens (tertiary/aromatic N) is 4. The van der Waals surface area contributed by atoms with Gasteiger partial charge in [-0.05, 0) is 48.4 Å². The smallest absolute Gasteiger partial charge is 0.172 e. The molecular formula is C31H25ClN4O2. The highest BCUT2D eigenvalue weighted by Crippen LogP contribution is 2.24. The summed E-state index contributed by atoms with van der Waals surface area (Å²) in [7, 11) is 0. The van der Waals surface area contributed by atoms with Crippen LogP contribution in [-0.2, 0) is 12.8 Å². The van der Waals surface area contributed by atoms with Crippen LogP contribution < -0.4 is 0 Å². The highest BCUT2D eigenvalue weighted by molar-refractivity contribution is 6.30. The second kappa shape index (κ2) is 13.7. The summed E-state index contributed by atoms with van der Waals surface area (Å²) >= 11 is 5.93. The molecule has 7 heteroatoms. The Balaban J connectivity index is 0.000000194. The average molecular weight is 521 g/mol. The van der Waals surface area contributed by atoms with Crippen LogP contribution in [-0.4, -0.2) is 32.0 Å². The molecule has 5 rings (SSSR count). The number of benzene rings is 3. The molecule has 1 unspecified atom stereocenters. The number of ketones is 2. The average Bonchev–Trinajstić information content (AvgIpc) is 2.99. The van der Waals surface area contributed by atoms with Crippen LogP contribution in [0.3, 0.4) is 0 Å². The first-order valence-electron chi connectivity index (χ1n) is 12.1. The van der Waals surface area contributed by atoms with E-state index in [1.807, 2.05) is 78.9 Å². The molecule has 2 heterocycles. The highest BCUT2D eigenvalue weighted by Gasteiger charge is 2.24. The van der Waals surface area contributed by atoms with Crippen LogP contribution in [0, 0.1) is 0 Å². The molecule has 188 valence electrons. The largest absolute Gasteiger partial charge is 0.294 e. The monoisotopic (exact) mass is 520 g/mol. The Bertz CT molecular complexity index is 1430. The Kier molecular flexibility index (Phi) is 9.54. The fraction of sp³-hybridized carbons (Fsp3) is 0.0968. The number of Topliss-reactive ketones (excluding diaryl/α,β-unsaturated/α-hetero) is 2. The third kappa shape index (κ3) is 7.72. The molecule has 0 fully saturated rings. The maximum Gasteiger partial charge on any atom is 0.172 e. The minimum Gasteiger partial charge on any atom is -0.294 e. The zero-order valence-corrected chi connectivity index (χ0v) is 21.3. The number of carbonyl (C=O) groups excluding carboxylic acids is 2. The third-order valence-electron chi connectivity index (χ3n) is 5.74. The molecule has 0 aliphatic heterocycles. The molecule has 0 aliphatic rings. The lowest BCUT2D eigenvalue weighted by Crippen LogP contribution is -2.17. The number of aromatic nitrogens is 4. The lowest BCUT2D eigenvalue weighted by molar-refractivity contribution is 0.0955. The summed E-state index contributed by atoms with van der Waals surface area (Å²) in [6.07, 6.45) is 4.06. The van der Waals surface area contributed by atoms with Crippen LogP contribution in [0.1, 0.15) is 43.6 Å². The van der Waals surface area contributed by atoms with Gasteiger partial charge in [0.2, 0.25) is 0 Å². The number of hydrogen-bond donors (Lipinski definition) is 0. The van der Waals surface area contributed by atoms with Crippen molar-refractivity contribution >= 4 is 23.2 Å². The van der Waals surface area contributed by atoms with E-state index in [2.05, 4.69) is 20.4 Å². The van der Waals surface area contributed by atoms with Crippen LogP contribution in [0.25, 0.3) is 0 Å². The van der Waals surface area contributed by atoms with Crippen molar-refractivity contribution in [2.24, 2.45) is 0 Å². The van der Waals surface area contributed by atoms with Crippen molar-refractivity contribution in [1.29, 1.82) is 0 Å². The summed E-state index contributed by atoms with van der Waals surface area (Å²) in [5.41, 5.74) is 3.80. The van der Waals surface area contributed by atoms with E-state index in [4.69, 9.17) is 11.6 Å². The summed E-state index contributed by atoms with van der Waals surface area (Å²) in [6.45, 7) is 0. The topological polar surface area (TPSA) is 85.7 Å². The first-order valence-corrected chi connectivity index (χ1v) is 12.4. The Morgan fingerprint density at radius 2 is 1.26 bits per heavy atom. The molecule has 0 N–H and O–H groups in total. The van der Waals surface area contributed by atoms with Crippen LogP contribution in [0.5, 0.6) is 0 Å². The first kappa shape index (κ1) is 26.5. The summed E-state index contributed by atoms with van der Waals surface area (Å²) in [5, 5.41) is 16.3. The molecule has 0 saturated carbocycles. The normalized spacial score (nSPS) is 11.1. The predicted molar refractivity (Wildman–Crippen MR) is 147 cm³/mol. The fourth-order valence-electron chi connectivity index (χ4n) is 3.81. The fourth-order valence-corrected chi connectivity index (χ4v) is 3.93. The Labute approximate surface area is 226 Å². The minimum atomic E-state index is -0.368. The highest BCUT2D eigenvalue weighted by atomic mass is 35.5. The summed E-state index contributed by atoms with van der Waals surface area (Å²) in [6, 6.07) is 33.2. The molecule has 0 radical (unpaired) electrons. The number of halogens is 1. The van der Waals surface area contributed by atoms with E-state index in [-0.39, 0.29) is 17.5 Å². The molecule has 0 spiro atoms. The third-order valence-corrected chi connectivity index (χ3v) is 5.99. The zero-order chi connectivity index (χ0) is 26.6. The van der Waals surface area contributed by atoms with Crippen molar-refractivity contribution < 1.29 is 9.59 Å². The van der Waals surface area contributed by atoms with E-state index in [1.165, 1.54) is 0 Å². The standard InChI is InChI=1S/C19H15ClN2O.C12H10N2O/c20-16-10-8-14(9-11-16)13-17(18-7-4-12-21-22-18)19(23)15-5-2-1-3-6-15;15-12(10-5-2-1-3-6-10)9-11-7-4-8-13-14-11/h1-12,17H,13H2;1-8H,9H2. The zero-order valence-electron chi connectivity index (χ0n) is 20.5. The minimum absolute atomic E-state index is 0.0426. The van der Waals surface area contributed by atoms with E-state index in [1.54, 1.807) is 42.7 Å². The predicted octanol–water partition coefficient (Wildman–Crippen LogP) is 6.24. The van der Waals surface area contributed by atoms with Gasteiger partial charge in [0.1, 0.15) is 0 Å². The van der Waals surface area contributed by atoms with Crippen molar-refractivity contribution in [3.63, 3.8) is 0 Å². The molecule has 2 aromatic heterocycles. The van der Waals surface area contributed by atoms with Gasteiger partial charge in [-0.1, -0.05) is 84.4 Å². The maximum atomic E-state index is 12.9. The van der Waals surface area contributed by atoms with E-state index in [0.29, 0.717) is 40.4 Å². The van der Waals surface area contributed by atoms with E-state index in [9.17, 15) is 9.59 Å². The van der Waals surface area contributed by atoms with Gasteiger partial charge in [-0.25, -0.2) is 0 Å². The maximum absolute atomic E-state index is 12.9. The molecule has 3 aromatic carbocycles. The van der Waals surface area contributed by atoms with Crippen molar-refractivity contribution in [3.05, 3.63) is 155 Å². The number of hydrogen-bond acceptors (Lipinski definition) is 6. The van der Waals surface area contributed by atoms with Gasteiger partial charge in [-0.2, -0.15) is 20.4 Å². The summed E-state index contributed by atoms with van der Waals surface area (Å²) in [4.78, 5) is 24.7. The lowest BCUT2D eigenvalue weighted by atomic mass is 9.88. The molecular weight excluding hydrogens is 496 g/mol. The molecule has 0 amide bonds. The molecule has 0 bridgehead atoms. The van der Waals surface area contributed by atoms with Gasteiger partial charge in [-0.3, -0.25) is 9.59 Å². The quantitative estimate of drug-likeness (QED) is 0.225. The molecule has 38 heavy (non-hydrogen) atoms. The van der Waals surface area contributed by atoms with E-state index in [0.717, 1.165) is 5.56 Å². The number of rotatable bonds is 8. The van der Waals surface area contributed by atoms with Crippen LogP contribution in [0.4, 0.5) is 0 Å². The molecule has 1 atom stereocenters. The first-order chi connectivity index (χ1) is 18.6. The lowest BCUT2D eigenvalue weighted by Gasteiger charge is -2.15. The van der Waals surface area contributed by atoms with Gasteiger partial charge in [-0.15, -0.1) is 0 Å². The van der Waals surface area contributed by atoms with E-state index < -0.39 is 0 Å². The van der Waals surface area contributed by atoms with Gasteiger partial charge >= 0.3 is 0 Å². The Hall–Kier alpha value is -4.55. The molecule has 6 nitrogen and oxygen atoms in total.